The van der Waals surface area contributed by atoms with Crippen LogP contribution in [0.15, 0.2) is 18.2 Å². The summed E-state index contributed by atoms with van der Waals surface area (Å²) in [7, 11) is 0. The van der Waals surface area contributed by atoms with Gasteiger partial charge in [0.25, 0.3) is 11.6 Å². The molecular formula is C16H23N3O3. The Morgan fingerprint density at radius 2 is 1.95 bits per heavy atom. The van der Waals surface area contributed by atoms with E-state index in [0.717, 1.165) is 25.9 Å². The second-order valence-corrected chi connectivity index (χ2v) is 6.74. The topological polar surface area (TPSA) is 84.3 Å². The van der Waals surface area contributed by atoms with Crippen molar-refractivity contribution in [2.45, 2.75) is 45.1 Å². The van der Waals surface area contributed by atoms with E-state index >= 15 is 0 Å². The molecule has 2 N–H and O–H groups in total. The molecular weight excluding hydrogens is 282 g/mol. The molecule has 0 spiro atoms. The van der Waals surface area contributed by atoms with Gasteiger partial charge in [-0.1, -0.05) is 26.8 Å². The predicted octanol–water partition coefficient (Wildman–Crippen LogP) is 2.37. The van der Waals surface area contributed by atoms with Gasteiger partial charge in [0.2, 0.25) is 0 Å². The van der Waals surface area contributed by atoms with Gasteiger partial charge in [0.15, 0.2) is 0 Å². The van der Waals surface area contributed by atoms with Crippen LogP contribution in [0.3, 0.4) is 0 Å². The largest absolute Gasteiger partial charge is 0.349 e. The zero-order valence-corrected chi connectivity index (χ0v) is 13.3. The molecule has 2 rings (SSSR count). The zero-order chi connectivity index (χ0) is 16.3. The monoisotopic (exact) mass is 305 g/mol. The maximum absolute atomic E-state index is 12.3. The van der Waals surface area contributed by atoms with Crippen molar-refractivity contribution in [3.8, 4) is 0 Å². The molecule has 1 aliphatic rings. The summed E-state index contributed by atoms with van der Waals surface area (Å²) in [5, 5.41) is 17.5. The summed E-state index contributed by atoms with van der Waals surface area (Å²) in [6, 6.07) is 4.88. The molecule has 1 aromatic carbocycles. The molecule has 0 unspecified atom stereocenters. The number of benzene rings is 1. The highest BCUT2D eigenvalue weighted by Gasteiger charge is 2.26. The summed E-state index contributed by atoms with van der Waals surface area (Å²) in [6.07, 6.45) is 1.77. The molecule has 0 saturated carbocycles. The van der Waals surface area contributed by atoms with Crippen LogP contribution >= 0.6 is 0 Å². The van der Waals surface area contributed by atoms with E-state index in [4.69, 9.17) is 0 Å². The summed E-state index contributed by atoms with van der Waals surface area (Å²) in [4.78, 5) is 23.2. The van der Waals surface area contributed by atoms with Crippen LogP contribution in [0.4, 0.5) is 5.69 Å². The number of amides is 1. The molecule has 1 aliphatic heterocycles. The highest BCUT2D eigenvalue weighted by atomic mass is 16.6. The first-order valence-corrected chi connectivity index (χ1v) is 7.59. The van der Waals surface area contributed by atoms with Gasteiger partial charge in [-0.3, -0.25) is 14.9 Å². The molecule has 1 saturated heterocycles. The maximum atomic E-state index is 12.3. The van der Waals surface area contributed by atoms with Crippen molar-refractivity contribution < 1.29 is 9.72 Å². The summed E-state index contributed by atoms with van der Waals surface area (Å²) >= 11 is 0. The van der Waals surface area contributed by atoms with Crippen LogP contribution in [0, 0.1) is 10.1 Å². The number of carbonyl (C=O) groups excluding carboxylic acids is 1. The smallest absolute Gasteiger partial charge is 0.273 e. The molecule has 1 amide bonds. The molecule has 1 heterocycles. The third-order valence-corrected chi connectivity index (χ3v) is 3.94. The molecule has 120 valence electrons. The molecule has 22 heavy (non-hydrogen) atoms. The number of piperidine rings is 1. The molecule has 0 aliphatic carbocycles. The Hall–Kier alpha value is -1.95. The van der Waals surface area contributed by atoms with Crippen LogP contribution in [0.1, 0.15) is 49.5 Å². The van der Waals surface area contributed by atoms with Crippen molar-refractivity contribution in [1.82, 2.24) is 10.6 Å². The van der Waals surface area contributed by atoms with E-state index in [1.807, 2.05) is 20.8 Å². The Bertz CT molecular complexity index is 572. The fraction of sp³-hybridized carbons (Fsp3) is 0.562. The van der Waals surface area contributed by atoms with Crippen molar-refractivity contribution >= 4 is 11.6 Å². The molecule has 1 fully saturated rings. The first-order valence-electron chi connectivity index (χ1n) is 7.59. The van der Waals surface area contributed by atoms with Gasteiger partial charge in [-0.05, 0) is 37.4 Å². The molecule has 0 radical (unpaired) electrons. The Morgan fingerprint density at radius 1 is 1.32 bits per heavy atom. The van der Waals surface area contributed by atoms with Crippen molar-refractivity contribution in [2.75, 3.05) is 13.1 Å². The van der Waals surface area contributed by atoms with E-state index in [1.165, 1.54) is 6.07 Å². The van der Waals surface area contributed by atoms with Gasteiger partial charge in [0, 0.05) is 23.2 Å². The second-order valence-electron chi connectivity index (χ2n) is 6.74. The first kappa shape index (κ1) is 16.4. The zero-order valence-electron chi connectivity index (χ0n) is 13.3. The number of nitrogens with one attached hydrogen (secondary N) is 2. The van der Waals surface area contributed by atoms with Crippen LogP contribution in [-0.2, 0) is 5.41 Å². The minimum absolute atomic E-state index is 0.00506. The van der Waals surface area contributed by atoms with E-state index < -0.39 is 4.92 Å². The lowest BCUT2D eigenvalue weighted by molar-refractivity contribution is -0.386. The van der Waals surface area contributed by atoms with Crippen molar-refractivity contribution in [3.63, 3.8) is 0 Å². The maximum Gasteiger partial charge on any atom is 0.273 e. The van der Waals surface area contributed by atoms with E-state index in [9.17, 15) is 14.9 Å². The number of nitro benzene ring substituents is 1. The summed E-state index contributed by atoms with van der Waals surface area (Å²) in [5.41, 5.74) is 0.645. The normalized spacial score (nSPS) is 16.3. The molecule has 6 nitrogen and oxygen atoms in total. The first-order chi connectivity index (χ1) is 10.3. The highest BCUT2D eigenvalue weighted by Crippen LogP contribution is 2.31. The molecule has 0 aromatic heterocycles. The van der Waals surface area contributed by atoms with E-state index in [0.29, 0.717) is 11.1 Å². The number of nitrogens with zero attached hydrogens (tertiary/aromatic N) is 1. The quantitative estimate of drug-likeness (QED) is 0.663. The van der Waals surface area contributed by atoms with E-state index in [1.54, 1.807) is 12.1 Å². The fourth-order valence-corrected chi connectivity index (χ4v) is 2.69. The Kier molecular flexibility index (Phi) is 4.81. The molecule has 1 aromatic rings. The summed E-state index contributed by atoms with van der Waals surface area (Å²) < 4.78 is 0. The van der Waals surface area contributed by atoms with Crippen molar-refractivity contribution in [3.05, 3.63) is 39.4 Å². The minimum atomic E-state index is -0.415. The van der Waals surface area contributed by atoms with Gasteiger partial charge >= 0.3 is 0 Å². The number of hydrogen-bond acceptors (Lipinski definition) is 4. The second kappa shape index (κ2) is 6.44. The predicted molar refractivity (Wildman–Crippen MR) is 85.2 cm³/mol. The van der Waals surface area contributed by atoms with Crippen LogP contribution in [0.5, 0.6) is 0 Å². The van der Waals surface area contributed by atoms with Crippen molar-refractivity contribution in [2.24, 2.45) is 0 Å². The number of rotatable bonds is 3. The minimum Gasteiger partial charge on any atom is -0.349 e. The van der Waals surface area contributed by atoms with Crippen LogP contribution in [0.25, 0.3) is 0 Å². The number of hydrogen-bond donors (Lipinski definition) is 2. The van der Waals surface area contributed by atoms with E-state index in [-0.39, 0.29) is 23.1 Å². The van der Waals surface area contributed by atoms with Gasteiger partial charge in [0.1, 0.15) is 0 Å². The highest BCUT2D eigenvalue weighted by molar-refractivity contribution is 5.95. The standard InChI is InChI=1S/C16H23N3O3/c1-16(2,3)13-5-4-11(10-14(13)19(21)22)15(20)18-12-6-8-17-9-7-12/h4-5,10,12,17H,6-9H2,1-3H3,(H,18,20). The van der Waals surface area contributed by atoms with Gasteiger partial charge in [-0.15, -0.1) is 0 Å². The van der Waals surface area contributed by atoms with Gasteiger partial charge in [-0.25, -0.2) is 0 Å². The van der Waals surface area contributed by atoms with Crippen LogP contribution in [-0.4, -0.2) is 30.0 Å². The van der Waals surface area contributed by atoms with Crippen LogP contribution in [0.2, 0.25) is 0 Å². The molecule has 0 bridgehead atoms. The van der Waals surface area contributed by atoms with E-state index in [2.05, 4.69) is 10.6 Å². The van der Waals surface area contributed by atoms with Crippen molar-refractivity contribution in [1.29, 1.82) is 0 Å². The van der Waals surface area contributed by atoms with Gasteiger partial charge in [0.05, 0.1) is 4.92 Å². The fourth-order valence-electron chi connectivity index (χ4n) is 2.69. The lowest BCUT2D eigenvalue weighted by Crippen LogP contribution is -2.42. The Morgan fingerprint density at radius 3 is 2.50 bits per heavy atom. The van der Waals surface area contributed by atoms with Gasteiger partial charge < -0.3 is 10.6 Å². The Labute approximate surface area is 130 Å². The third-order valence-electron chi connectivity index (χ3n) is 3.94. The number of nitro groups is 1. The number of carbonyl (C=O) groups is 1. The summed E-state index contributed by atoms with van der Waals surface area (Å²) in [6.45, 7) is 7.53. The molecule has 0 atom stereocenters. The van der Waals surface area contributed by atoms with Gasteiger partial charge in [-0.2, -0.15) is 0 Å². The Balaban J connectivity index is 2.22. The molecule has 6 heteroatoms. The lowest BCUT2D eigenvalue weighted by Gasteiger charge is -2.24. The van der Waals surface area contributed by atoms with Crippen LogP contribution < -0.4 is 10.6 Å². The SMILES string of the molecule is CC(C)(C)c1ccc(C(=O)NC2CCNCC2)cc1[N+](=O)[O-]. The average Bonchev–Trinajstić information content (AvgIpc) is 2.46. The third kappa shape index (κ3) is 3.82. The average molecular weight is 305 g/mol. The lowest BCUT2D eigenvalue weighted by atomic mass is 9.85. The summed E-state index contributed by atoms with van der Waals surface area (Å²) in [5.74, 6) is -0.240.